The van der Waals surface area contributed by atoms with Gasteiger partial charge in [0, 0.05) is 17.5 Å². The third kappa shape index (κ3) is 3.94. The van der Waals surface area contributed by atoms with Crippen molar-refractivity contribution in [2.75, 3.05) is 6.61 Å². The highest BCUT2D eigenvalue weighted by molar-refractivity contribution is 6.31. The number of aryl methyl sites for hydroxylation is 1. The Hall–Kier alpha value is -2.80. The smallest absolute Gasteiger partial charge is 0.275 e. The SMILES string of the molecule is CCOc1ccc(C(=O)NNC(=O)c2c[nH]c(C)c(Cl)c2=O)cc1. The molecule has 126 valence electrons. The molecule has 3 N–H and O–H groups in total. The second kappa shape index (κ2) is 7.65. The molecule has 0 saturated carbocycles. The van der Waals surface area contributed by atoms with Gasteiger partial charge in [-0.3, -0.25) is 25.2 Å². The normalized spacial score (nSPS) is 10.1. The lowest BCUT2D eigenvalue weighted by atomic mass is 10.2. The number of nitrogens with one attached hydrogen (secondary N) is 3. The number of aromatic nitrogens is 1. The monoisotopic (exact) mass is 349 g/mol. The first-order valence-corrected chi connectivity index (χ1v) is 7.53. The van der Waals surface area contributed by atoms with Crippen LogP contribution in [0, 0.1) is 6.92 Å². The summed E-state index contributed by atoms with van der Waals surface area (Å²) in [6.45, 7) is 3.99. The van der Waals surface area contributed by atoms with Gasteiger partial charge in [0.15, 0.2) is 0 Å². The average Bonchev–Trinajstić information content (AvgIpc) is 2.58. The summed E-state index contributed by atoms with van der Waals surface area (Å²) in [6, 6.07) is 6.40. The van der Waals surface area contributed by atoms with Gasteiger partial charge >= 0.3 is 0 Å². The Morgan fingerprint density at radius 1 is 1.17 bits per heavy atom. The molecule has 0 aliphatic rings. The third-order valence-electron chi connectivity index (χ3n) is 3.17. The molecule has 1 aromatic carbocycles. The van der Waals surface area contributed by atoms with E-state index in [4.69, 9.17) is 16.3 Å². The van der Waals surface area contributed by atoms with Crippen LogP contribution in [0.15, 0.2) is 35.3 Å². The number of carbonyl (C=O) groups excluding carboxylic acids is 2. The highest BCUT2D eigenvalue weighted by Gasteiger charge is 2.15. The van der Waals surface area contributed by atoms with E-state index in [1.165, 1.54) is 6.20 Å². The van der Waals surface area contributed by atoms with Gasteiger partial charge in [0.1, 0.15) is 16.3 Å². The summed E-state index contributed by atoms with van der Waals surface area (Å²) in [5.74, 6) is -0.655. The van der Waals surface area contributed by atoms with Crippen LogP contribution in [0.2, 0.25) is 5.02 Å². The van der Waals surface area contributed by atoms with Gasteiger partial charge in [-0.15, -0.1) is 0 Å². The van der Waals surface area contributed by atoms with Crippen LogP contribution in [-0.4, -0.2) is 23.4 Å². The van der Waals surface area contributed by atoms with E-state index in [0.29, 0.717) is 23.6 Å². The second-order valence-electron chi connectivity index (χ2n) is 4.84. The first-order valence-electron chi connectivity index (χ1n) is 7.15. The van der Waals surface area contributed by atoms with Crippen LogP contribution >= 0.6 is 11.6 Å². The number of hydrogen-bond acceptors (Lipinski definition) is 4. The van der Waals surface area contributed by atoms with Gasteiger partial charge in [-0.1, -0.05) is 11.6 Å². The minimum Gasteiger partial charge on any atom is -0.494 e. The summed E-state index contributed by atoms with van der Waals surface area (Å²) in [4.78, 5) is 38.6. The first-order chi connectivity index (χ1) is 11.4. The highest BCUT2D eigenvalue weighted by Crippen LogP contribution is 2.12. The molecule has 0 atom stereocenters. The number of H-pyrrole nitrogens is 1. The fourth-order valence-electron chi connectivity index (χ4n) is 1.89. The molecular formula is C16H16ClN3O4. The van der Waals surface area contributed by atoms with Gasteiger partial charge in [-0.05, 0) is 38.1 Å². The van der Waals surface area contributed by atoms with Gasteiger partial charge in [-0.25, -0.2) is 0 Å². The van der Waals surface area contributed by atoms with Crippen LogP contribution in [-0.2, 0) is 0 Å². The van der Waals surface area contributed by atoms with Crippen molar-refractivity contribution in [3.63, 3.8) is 0 Å². The molecule has 0 saturated heterocycles. The molecule has 1 heterocycles. The number of benzene rings is 1. The number of pyridine rings is 1. The van der Waals surface area contributed by atoms with E-state index < -0.39 is 17.2 Å². The van der Waals surface area contributed by atoms with E-state index >= 15 is 0 Å². The number of hydrogen-bond donors (Lipinski definition) is 3. The molecule has 24 heavy (non-hydrogen) atoms. The number of hydrazine groups is 1. The minimum absolute atomic E-state index is 0.0690. The molecule has 0 bridgehead atoms. The predicted molar refractivity (Wildman–Crippen MR) is 89.4 cm³/mol. The summed E-state index contributed by atoms with van der Waals surface area (Å²) in [7, 11) is 0. The van der Waals surface area contributed by atoms with E-state index in [-0.39, 0.29) is 10.6 Å². The molecule has 8 heteroatoms. The van der Waals surface area contributed by atoms with E-state index in [0.717, 1.165) is 0 Å². The lowest BCUT2D eigenvalue weighted by Gasteiger charge is -2.08. The number of ether oxygens (including phenoxy) is 1. The van der Waals surface area contributed by atoms with Gasteiger partial charge < -0.3 is 9.72 Å². The predicted octanol–water partition coefficient (Wildman–Crippen LogP) is 1.81. The van der Waals surface area contributed by atoms with Crippen LogP contribution in [0.4, 0.5) is 0 Å². The molecule has 0 aliphatic heterocycles. The van der Waals surface area contributed by atoms with Crippen molar-refractivity contribution in [3.05, 3.63) is 62.5 Å². The van der Waals surface area contributed by atoms with Gasteiger partial charge in [-0.2, -0.15) is 0 Å². The van der Waals surface area contributed by atoms with Crippen LogP contribution in [0.5, 0.6) is 5.75 Å². The van der Waals surface area contributed by atoms with Crippen LogP contribution in [0.1, 0.15) is 33.3 Å². The van der Waals surface area contributed by atoms with Crippen molar-refractivity contribution in [2.45, 2.75) is 13.8 Å². The summed E-state index contributed by atoms with van der Waals surface area (Å²) >= 11 is 5.80. The third-order valence-corrected chi connectivity index (χ3v) is 3.62. The lowest BCUT2D eigenvalue weighted by Crippen LogP contribution is -2.43. The highest BCUT2D eigenvalue weighted by atomic mass is 35.5. The van der Waals surface area contributed by atoms with Crippen molar-refractivity contribution in [2.24, 2.45) is 0 Å². The first kappa shape index (κ1) is 17.6. The lowest BCUT2D eigenvalue weighted by molar-refractivity contribution is 0.0846. The minimum atomic E-state index is -0.766. The molecule has 7 nitrogen and oxygen atoms in total. The molecule has 0 unspecified atom stereocenters. The van der Waals surface area contributed by atoms with Crippen molar-refractivity contribution < 1.29 is 14.3 Å². The Bertz CT molecular complexity index is 815. The Morgan fingerprint density at radius 3 is 2.42 bits per heavy atom. The molecule has 2 aromatic rings. The summed E-state index contributed by atoms with van der Waals surface area (Å²) in [5, 5.41) is -0.0690. The zero-order chi connectivity index (χ0) is 17.7. The maximum absolute atomic E-state index is 12.0. The molecule has 1 aromatic heterocycles. The molecular weight excluding hydrogens is 334 g/mol. The second-order valence-corrected chi connectivity index (χ2v) is 5.21. The molecule has 0 aliphatic carbocycles. The summed E-state index contributed by atoms with van der Waals surface area (Å²) < 4.78 is 5.28. The number of carbonyl (C=O) groups is 2. The van der Waals surface area contributed by atoms with E-state index in [9.17, 15) is 14.4 Å². The van der Waals surface area contributed by atoms with Gasteiger partial charge in [0.05, 0.1) is 6.61 Å². The summed E-state index contributed by atoms with van der Waals surface area (Å²) in [5.41, 5.74) is 4.39. The topological polar surface area (TPSA) is 100 Å². The van der Waals surface area contributed by atoms with Crippen LogP contribution in [0.3, 0.4) is 0 Å². The largest absolute Gasteiger partial charge is 0.494 e. The summed E-state index contributed by atoms with van der Waals surface area (Å²) in [6.07, 6.45) is 1.24. The number of rotatable bonds is 4. The maximum Gasteiger partial charge on any atom is 0.275 e. The molecule has 0 radical (unpaired) electrons. The van der Waals surface area contributed by atoms with Crippen molar-refractivity contribution in [1.82, 2.24) is 15.8 Å². The van der Waals surface area contributed by atoms with Crippen LogP contribution in [0.25, 0.3) is 0 Å². The standard InChI is InChI=1S/C16H16ClN3O4/c1-3-24-11-6-4-10(5-7-11)15(22)19-20-16(23)12-8-18-9(2)13(17)14(12)21/h4-8H,3H2,1-2H3,(H,18,21)(H,19,22)(H,20,23). The molecule has 0 spiro atoms. The fraction of sp³-hybridized carbons (Fsp3) is 0.188. The number of amides is 2. The van der Waals surface area contributed by atoms with Crippen molar-refractivity contribution in [1.29, 1.82) is 0 Å². The Morgan fingerprint density at radius 2 is 1.79 bits per heavy atom. The van der Waals surface area contributed by atoms with Gasteiger partial charge in [0.25, 0.3) is 11.8 Å². The maximum atomic E-state index is 12.0. The van der Waals surface area contributed by atoms with E-state index in [1.807, 2.05) is 6.92 Å². The van der Waals surface area contributed by atoms with Crippen LogP contribution < -0.4 is 21.0 Å². The number of halogens is 1. The van der Waals surface area contributed by atoms with E-state index in [2.05, 4.69) is 15.8 Å². The van der Waals surface area contributed by atoms with Crippen molar-refractivity contribution in [3.8, 4) is 5.75 Å². The van der Waals surface area contributed by atoms with Crippen molar-refractivity contribution >= 4 is 23.4 Å². The van der Waals surface area contributed by atoms with E-state index in [1.54, 1.807) is 31.2 Å². The fourth-order valence-corrected chi connectivity index (χ4v) is 2.05. The Balaban J connectivity index is 2.02. The quantitative estimate of drug-likeness (QED) is 0.733. The Labute approximate surface area is 143 Å². The molecule has 2 rings (SSSR count). The molecule has 0 fully saturated rings. The zero-order valence-corrected chi connectivity index (χ0v) is 13.9. The average molecular weight is 350 g/mol. The van der Waals surface area contributed by atoms with Gasteiger partial charge in [0.2, 0.25) is 5.43 Å². The zero-order valence-electron chi connectivity index (χ0n) is 13.1. The number of aromatic amines is 1. The molecule has 2 amide bonds. The Kier molecular flexibility index (Phi) is 5.59.